The lowest BCUT2D eigenvalue weighted by molar-refractivity contribution is -0.145. The maximum absolute atomic E-state index is 12.6. The van der Waals surface area contributed by atoms with Crippen LogP contribution in [0.25, 0.3) is 0 Å². The summed E-state index contributed by atoms with van der Waals surface area (Å²) in [6.07, 6.45) is 6.43. The molecule has 8 nitrogen and oxygen atoms in total. The van der Waals surface area contributed by atoms with Gasteiger partial charge in [-0.25, -0.2) is 15.0 Å². The number of aryl methyl sites for hydroxylation is 1. The number of fused-ring (bicyclic) bond motifs is 1. The lowest BCUT2D eigenvalue weighted by atomic mass is 10.1. The SMILES string of the molecule is CCOC(=O)C1CCc2sc(NC(=O)c3cc(N4CCCCC4)ncn3)nc21. The summed E-state index contributed by atoms with van der Waals surface area (Å²) in [5.74, 6) is -0.113. The fourth-order valence-electron chi connectivity index (χ4n) is 3.68. The van der Waals surface area contributed by atoms with Gasteiger partial charge in [0.05, 0.1) is 12.3 Å². The summed E-state index contributed by atoms with van der Waals surface area (Å²) in [6.45, 7) is 4.05. The van der Waals surface area contributed by atoms with E-state index in [1.807, 2.05) is 0 Å². The van der Waals surface area contributed by atoms with Gasteiger partial charge in [0.15, 0.2) is 5.13 Å². The summed E-state index contributed by atoms with van der Waals surface area (Å²) in [4.78, 5) is 40.9. The molecule has 0 spiro atoms. The van der Waals surface area contributed by atoms with Crippen LogP contribution >= 0.6 is 11.3 Å². The average molecular weight is 401 g/mol. The summed E-state index contributed by atoms with van der Waals surface area (Å²) < 4.78 is 5.13. The van der Waals surface area contributed by atoms with Gasteiger partial charge in [-0.15, -0.1) is 11.3 Å². The van der Waals surface area contributed by atoms with Crippen molar-refractivity contribution in [3.8, 4) is 0 Å². The number of esters is 1. The van der Waals surface area contributed by atoms with Crippen LogP contribution in [0.4, 0.5) is 10.9 Å². The monoisotopic (exact) mass is 401 g/mol. The molecule has 148 valence electrons. The molecule has 1 atom stereocenters. The normalized spacial score (nSPS) is 18.6. The van der Waals surface area contributed by atoms with Crippen LogP contribution in [0.2, 0.25) is 0 Å². The first-order chi connectivity index (χ1) is 13.7. The second-order valence-electron chi connectivity index (χ2n) is 6.93. The lowest BCUT2D eigenvalue weighted by Gasteiger charge is -2.27. The molecule has 1 aliphatic heterocycles. The summed E-state index contributed by atoms with van der Waals surface area (Å²) in [6, 6.07) is 1.73. The van der Waals surface area contributed by atoms with Crippen molar-refractivity contribution >= 4 is 34.2 Å². The molecule has 2 aliphatic rings. The number of rotatable bonds is 5. The topological polar surface area (TPSA) is 97.3 Å². The molecular weight excluding hydrogens is 378 g/mol. The van der Waals surface area contributed by atoms with E-state index in [1.165, 1.54) is 24.1 Å². The zero-order valence-electron chi connectivity index (χ0n) is 15.8. The standard InChI is InChI=1S/C19H23N5O3S/c1-2-27-18(26)12-6-7-14-16(12)22-19(28-14)23-17(25)13-10-15(21-11-20-13)24-8-4-3-5-9-24/h10-12H,2-9H2,1H3,(H,22,23,25). The molecule has 1 saturated heterocycles. The van der Waals surface area contributed by atoms with Crippen molar-refractivity contribution in [2.45, 2.75) is 44.9 Å². The second kappa shape index (κ2) is 8.22. The molecular formula is C19H23N5O3S. The zero-order valence-corrected chi connectivity index (χ0v) is 16.6. The van der Waals surface area contributed by atoms with Crippen LogP contribution < -0.4 is 10.2 Å². The van der Waals surface area contributed by atoms with Gasteiger partial charge in [-0.05, 0) is 39.0 Å². The number of nitrogens with zero attached hydrogens (tertiary/aromatic N) is 4. The predicted molar refractivity (Wildman–Crippen MR) is 106 cm³/mol. The molecule has 1 amide bonds. The van der Waals surface area contributed by atoms with Gasteiger partial charge in [0.2, 0.25) is 0 Å². The molecule has 9 heteroatoms. The van der Waals surface area contributed by atoms with Crippen molar-refractivity contribution in [3.05, 3.63) is 28.7 Å². The summed E-state index contributed by atoms with van der Waals surface area (Å²) >= 11 is 1.41. The van der Waals surface area contributed by atoms with E-state index in [1.54, 1.807) is 13.0 Å². The van der Waals surface area contributed by atoms with E-state index in [9.17, 15) is 9.59 Å². The minimum absolute atomic E-state index is 0.244. The van der Waals surface area contributed by atoms with Gasteiger partial charge in [-0.2, -0.15) is 0 Å². The Hall–Kier alpha value is -2.55. The van der Waals surface area contributed by atoms with Gasteiger partial charge in [0.1, 0.15) is 23.8 Å². The Balaban J connectivity index is 1.46. The number of thiazole rings is 1. The molecule has 1 unspecified atom stereocenters. The molecule has 28 heavy (non-hydrogen) atoms. The summed E-state index contributed by atoms with van der Waals surface area (Å²) in [5, 5.41) is 3.30. The molecule has 0 bridgehead atoms. The van der Waals surface area contributed by atoms with Gasteiger partial charge < -0.3 is 9.64 Å². The number of carbonyl (C=O) groups excluding carboxylic acids is 2. The highest BCUT2D eigenvalue weighted by Crippen LogP contribution is 2.39. The Morgan fingerprint density at radius 2 is 2.11 bits per heavy atom. The molecule has 0 aromatic carbocycles. The van der Waals surface area contributed by atoms with Crippen molar-refractivity contribution < 1.29 is 14.3 Å². The van der Waals surface area contributed by atoms with E-state index in [-0.39, 0.29) is 17.8 Å². The Morgan fingerprint density at radius 3 is 2.89 bits per heavy atom. The van der Waals surface area contributed by atoms with Crippen LogP contribution in [0, 0.1) is 0 Å². The van der Waals surface area contributed by atoms with Crippen LogP contribution in [0.15, 0.2) is 12.4 Å². The first-order valence-electron chi connectivity index (χ1n) is 9.70. The van der Waals surface area contributed by atoms with Gasteiger partial charge in [-0.3, -0.25) is 14.9 Å². The fourth-order valence-corrected chi connectivity index (χ4v) is 4.71. The minimum Gasteiger partial charge on any atom is -0.465 e. The third kappa shape index (κ3) is 3.84. The Kier molecular flexibility index (Phi) is 5.52. The van der Waals surface area contributed by atoms with E-state index in [0.29, 0.717) is 23.9 Å². The highest BCUT2D eigenvalue weighted by Gasteiger charge is 2.34. The van der Waals surface area contributed by atoms with Crippen molar-refractivity contribution in [2.24, 2.45) is 0 Å². The highest BCUT2D eigenvalue weighted by molar-refractivity contribution is 7.16. The highest BCUT2D eigenvalue weighted by atomic mass is 32.1. The van der Waals surface area contributed by atoms with E-state index >= 15 is 0 Å². The van der Waals surface area contributed by atoms with Crippen molar-refractivity contribution in [2.75, 3.05) is 29.9 Å². The number of piperidine rings is 1. The number of aromatic nitrogens is 3. The Morgan fingerprint density at radius 1 is 1.29 bits per heavy atom. The number of carbonyl (C=O) groups is 2. The van der Waals surface area contributed by atoms with Crippen molar-refractivity contribution in [1.29, 1.82) is 0 Å². The fraction of sp³-hybridized carbons (Fsp3) is 0.526. The predicted octanol–water partition coefficient (Wildman–Crippen LogP) is 2.77. The van der Waals surface area contributed by atoms with Crippen LogP contribution in [-0.4, -0.2) is 46.5 Å². The average Bonchev–Trinajstić information content (AvgIpc) is 3.29. The maximum atomic E-state index is 12.6. The first-order valence-corrected chi connectivity index (χ1v) is 10.5. The Bertz CT molecular complexity index is 878. The third-order valence-corrected chi connectivity index (χ3v) is 6.12. The summed E-state index contributed by atoms with van der Waals surface area (Å²) in [5.41, 5.74) is 1.04. The number of nitrogens with one attached hydrogen (secondary N) is 1. The molecule has 4 rings (SSSR count). The van der Waals surface area contributed by atoms with Crippen LogP contribution in [0.3, 0.4) is 0 Å². The van der Waals surface area contributed by atoms with Crippen LogP contribution in [-0.2, 0) is 16.0 Å². The van der Waals surface area contributed by atoms with Crippen molar-refractivity contribution in [1.82, 2.24) is 15.0 Å². The maximum Gasteiger partial charge on any atom is 0.315 e. The Labute approximate surface area is 167 Å². The van der Waals surface area contributed by atoms with Gasteiger partial charge in [-0.1, -0.05) is 0 Å². The van der Waals surface area contributed by atoms with E-state index in [4.69, 9.17) is 4.74 Å². The van der Waals surface area contributed by atoms with E-state index in [0.717, 1.165) is 48.7 Å². The second-order valence-corrected chi connectivity index (χ2v) is 8.02. The van der Waals surface area contributed by atoms with E-state index < -0.39 is 0 Å². The molecule has 2 aromatic rings. The van der Waals surface area contributed by atoms with Crippen molar-refractivity contribution in [3.63, 3.8) is 0 Å². The number of anilines is 2. The van der Waals surface area contributed by atoms with Gasteiger partial charge in [0, 0.05) is 24.0 Å². The smallest absolute Gasteiger partial charge is 0.315 e. The largest absolute Gasteiger partial charge is 0.465 e. The molecule has 0 radical (unpaired) electrons. The molecule has 2 aromatic heterocycles. The minimum atomic E-state index is -0.332. The number of ether oxygens (including phenoxy) is 1. The summed E-state index contributed by atoms with van der Waals surface area (Å²) in [7, 11) is 0. The van der Waals surface area contributed by atoms with E-state index in [2.05, 4.69) is 25.2 Å². The third-order valence-electron chi connectivity index (χ3n) is 5.07. The van der Waals surface area contributed by atoms with Gasteiger partial charge in [0.25, 0.3) is 5.91 Å². The molecule has 3 heterocycles. The number of amides is 1. The van der Waals surface area contributed by atoms with Crippen LogP contribution in [0.1, 0.15) is 59.6 Å². The molecule has 1 fully saturated rings. The number of hydrogen-bond acceptors (Lipinski definition) is 8. The quantitative estimate of drug-likeness (QED) is 0.769. The number of hydrogen-bond donors (Lipinski definition) is 1. The molecule has 1 N–H and O–H groups in total. The van der Waals surface area contributed by atoms with Gasteiger partial charge >= 0.3 is 5.97 Å². The van der Waals surface area contributed by atoms with Crippen LogP contribution in [0.5, 0.6) is 0 Å². The molecule has 0 saturated carbocycles. The first kappa shape index (κ1) is 18.8. The molecule has 1 aliphatic carbocycles. The lowest BCUT2D eigenvalue weighted by Crippen LogP contribution is -2.30. The zero-order chi connectivity index (χ0) is 19.5.